The highest BCUT2D eigenvalue weighted by atomic mass is 32.2. The molecular weight excluding hydrogens is 394 g/mol. The van der Waals surface area contributed by atoms with Gasteiger partial charge in [-0.3, -0.25) is 4.72 Å². The van der Waals surface area contributed by atoms with Gasteiger partial charge in [0.1, 0.15) is 5.82 Å². The van der Waals surface area contributed by atoms with E-state index in [-0.39, 0.29) is 0 Å². The van der Waals surface area contributed by atoms with Crippen molar-refractivity contribution in [2.45, 2.75) is 13.8 Å². The summed E-state index contributed by atoms with van der Waals surface area (Å²) in [7, 11) is -3.35. The standard InChI is InChI=1S/C19H19N5O2S2/c1-12-8-17(27-11-12)15-10-20-24-7-6-18(22-19(15)24)21-14-5-4-13(2)16(9-14)23-28(3,25)26/h4-11,23H,1-3H3,(H,21,22). The number of rotatable bonds is 5. The number of sulfonamides is 1. The summed E-state index contributed by atoms with van der Waals surface area (Å²) in [5.74, 6) is 0.650. The van der Waals surface area contributed by atoms with Gasteiger partial charge < -0.3 is 5.32 Å². The zero-order valence-electron chi connectivity index (χ0n) is 15.6. The van der Waals surface area contributed by atoms with Gasteiger partial charge in [0.25, 0.3) is 0 Å². The van der Waals surface area contributed by atoms with Gasteiger partial charge >= 0.3 is 0 Å². The van der Waals surface area contributed by atoms with Gasteiger partial charge in [-0.15, -0.1) is 11.3 Å². The van der Waals surface area contributed by atoms with Crippen LogP contribution in [0.1, 0.15) is 11.1 Å². The lowest BCUT2D eigenvalue weighted by Crippen LogP contribution is -2.10. The zero-order chi connectivity index (χ0) is 19.9. The van der Waals surface area contributed by atoms with Gasteiger partial charge in [0.2, 0.25) is 10.0 Å². The Hall–Kier alpha value is -2.91. The van der Waals surface area contributed by atoms with E-state index in [9.17, 15) is 8.42 Å². The predicted octanol–water partition coefficient (Wildman–Crippen LogP) is 4.19. The van der Waals surface area contributed by atoms with Crippen LogP contribution in [0.15, 0.2) is 48.1 Å². The Balaban J connectivity index is 1.68. The fraction of sp³-hybridized carbons (Fsp3) is 0.158. The van der Waals surface area contributed by atoms with Crippen LogP contribution in [0, 0.1) is 13.8 Å². The molecule has 0 spiro atoms. The molecule has 0 aliphatic heterocycles. The van der Waals surface area contributed by atoms with E-state index in [0.717, 1.165) is 33.6 Å². The monoisotopic (exact) mass is 413 g/mol. The zero-order valence-corrected chi connectivity index (χ0v) is 17.2. The summed E-state index contributed by atoms with van der Waals surface area (Å²) in [5.41, 5.74) is 5.05. The molecule has 144 valence electrons. The van der Waals surface area contributed by atoms with Gasteiger partial charge in [-0.2, -0.15) is 5.10 Å². The molecule has 2 N–H and O–H groups in total. The maximum absolute atomic E-state index is 11.6. The Morgan fingerprint density at radius 2 is 1.96 bits per heavy atom. The molecule has 0 fully saturated rings. The van der Waals surface area contributed by atoms with Crippen LogP contribution in [0.3, 0.4) is 0 Å². The highest BCUT2D eigenvalue weighted by Crippen LogP contribution is 2.30. The largest absolute Gasteiger partial charge is 0.340 e. The first-order valence-electron chi connectivity index (χ1n) is 8.54. The first-order chi connectivity index (χ1) is 13.3. The third-order valence-corrected chi connectivity index (χ3v) is 5.84. The predicted molar refractivity (Wildman–Crippen MR) is 114 cm³/mol. The van der Waals surface area contributed by atoms with Crippen LogP contribution in [0.2, 0.25) is 0 Å². The molecule has 9 heteroatoms. The van der Waals surface area contributed by atoms with E-state index in [2.05, 4.69) is 33.5 Å². The molecule has 28 heavy (non-hydrogen) atoms. The Labute approximate surface area is 167 Å². The number of hydrogen-bond acceptors (Lipinski definition) is 6. The van der Waals surface area contributed by atoms with Crippen molar-refractivity contribution in [3.05, 3.63) is 59.2 Å². The van der Waals surface area contributed by atoms with Gasteiger partial charge in [0.15, 0.2) is 5.65 Å². The number of aryl methyl sites for hydroxylation is 2. The summed E-state index contributed by atoms with van der Waals surface area (Å²) in [4.78, 5) is 5.82. The van der Waals surface area contributed by atoms with Crippen molar-refractivity contribution in [2.24, 2.45) is 0 Å². The molecule has 0 aliphatic rings. The molecule has 3 aromatic heterocycles. The molecule has 0 unspecified atom stereocenters. The highest BCUT2D eigenvalue weighted by Gasteiger charge is 2.11. The van der Waals surface area contributed by atoms with Crippen molar-refractivity contribution in [1.82, 2.24) is 14.6 Å². The third kappa shape index (κ3) is 3.85. The van der Waals surface area contributed by atoms with Crippen molar-refractivity contribution in [3.63, 3.8) is 0 Å². The molecule has 4 rings (SSSR count). The Kier molecular flexibility index (Phi) is 4.56. The summed E-state index contributed by atoms with van der Waals surface area (Å²) in [6.45, 7) is 3.91. The second-order valence-electron chi connectivity index (χ2n) is 6.66. The molecule has 0 atom stereocenters. The second kappa shape index (κ2) is 6.92. The summed E-state index contributed by atoms with van der Waals surface area (Å²) in [6.07, 6.45) is 4.80. The van der Waals surface area contributed by atoms with Crippen LogP contribution in [0.25, 0.3) is 16.1 Å². The van der Waals surface area contributed by atoms with E-state index in [1.807, 2.05) is 37.5 Å². The topological polar surface area (TPSA) is 88.4 Å². The molecule has 4 aromatic rings. The fourth-order valence-corrected chi connectivity index (χ4v) is 4.37. The first-order valence-corrected chi connectivity index (χ1v) is 11.3. The quantitative estimate of drug-likeness (QED) is 0.512. The lowest BCUT2D eigenvalue weighted by molar-refractivity contribution is 0.607. The number of thiophene rings is 1. The summed E-state index contributed by atoms with van der Waals surface area (Å²) in [5, 5.41) is 9.72. The molecule has 7 nitrogen and oxygen atoms in total. The molecular formula is C19H19N5O2S2. The number of benzene rings is 1. The number of nitrogens with zero attached hydrogens (tertiary/aromatic N) is 3. The number of hydrogen-bond donors (Lipinski definition) is 2. The van der Waals surface area contributed by atoms with E-state index >= 15 is 0 Å². The number of aromatic nitrogens is 3. The number of anilines is 3. The highest BCUT2D eigenvalue weighted by molar-refractivity contribution is 7.92. The number of nitrogens with one attached hydrogen (secondary N) is 2. The lowest BCUT2D eigenvalue weighted by Gasteiger charge is -2.11. The number of fused-ring (bicyclic) bond motifs is 1. The van der Waals surface area contributed by atoms with Crippen LogP contribution in [0.4, 0.5) is 17.2 Å². The third-order valence-electron chi connectivity index (χ3n) is 4.17. The molecule has 0 saturated carbocycles. The lowest BCUT2D eigenvalue weighted by atomic mass is 10.2. The van der Waals surface area contributed by atoms with E-state index in [1.54, 1.807) is 21.9 Å². The van der Waals surface area contributed by atoms with E-state index in [1.165, 1.54) is 5.56 Å². The van der Waals surface area contributed by atoms with Crippen LogP contribution in [-0.4, -0.2) is 29.3 Å². The minimum atomic E-state index is -3.35. The minimum Gasteiger partial charge on any atom is -0.340 e. The SMILES string of the molecule is Cc1csc(-c2cnn3ccc(Nc4ccc(C)c(NS(C)(=O)=O)c4)nc23)c1. The van der Waals surface area contributed by atoms with Crippen molar-refractivity contribution in [3.8, 4) is 10.4 Å². The molecule has 0 radical (unpaired) electrons. The fourth-order valence-electron chi connectivity index (χ4n) is 2.84. The maximum atomic E-state index is 11.6. The van der Waals surface area contributed by atoms with E-state index < -0.39 is 10.0 Å². The van der Waals surface area contributed by atoms with E-state index in [4.69, 9.17) is 4.98 Å². The van der Waals surface area contributed by atoms with Crippen LogP contribution in [0.5, 0.6) is 0 Å². The van der Waals surface area contributed by atoms with Gasteiger partial charge in [-0.1, -0.05) is 6.07 Å². The summed E-state index contributed by atoms with van der Waals surface area (Å²) in [6, 6.07) is 9.43. The average Bonchev–Trinajstić information content (AvgIpc) is 3.22. The summed E-state index contributed by atoms with van der Waals surface area (Å²) < 4.78 is 27.4. The maximum Gasteiger partial charge on any atom is 0.229 e. The van der Waals surface area contributed by atoms with Crippen molar-refractivity contribution >= 4 is 44.2 Å². The molecule has 0 saturated heterocycles. The Morgan fingerprint density at radius 3 is 2.68 bits per heavy atom. The second-order valence-corrected chi connectivity index (χ2v) is 9.32. The van der Waals surface area contributed by atoms with Gasteiger partial charge in [0, 0.05) is 16.8 Å². The van der Waals surface area contributed by atoms with Gasteiger partial charge in [0.05, 0.1) is 23.7 Å². The average molecular weight is 414 g/mol. The van der Waals surface area contributed by atoms with Crippen molar-refractivity contribution in [1.29, 1.82) is 0 Å². The normalized spacial score (nSPS) is 11.7. The van der Waals surface area contributed by atoms with Crippen molar-refractivity contribution in [2.75, 3.05) is 16.3 Å². The molecule has 0 amide bonds. The minimum absolute atomic E-state index is 0.535. The van der Waals surface area contributed by atoms with Crippen LogP contribution < -0.4 is 10.0 Å². The Bertz CT molecular complexity index is 1270. The van der Waals surface area contributed by atoms with Crippen LogP contribution in [-0.2, 0) is 10.0 Å². The van der Waals surface area contributed by atoms with Crippen molar-refractivity contribution < 1.29 is 8.42 Å². The van der Waals surface area contributed by atoms with Gasteiger partial charge in [-0.05, 0) is 54.6 Å². The first kappa shape index (κ1) is 18.5. The van der Waals surface area contributed by atoms with Gasteiger partial charge in [-0.25, -0.2) is 17.9 Å². The van der Waals surface area contributed by atoms with Crippen LogP contribution >= 0.6 is 11.3 Å². The summed E-state index contributed by atoms with van der Waals surface area (Å²) >= 11 is 1.66. The molecule has 3 heterocycles. The Morgan fingerprint density at radius 1 is 1.14 bits per heavy atom. The molecule has 1 aromatic carbocycles. The smallest absolute Gasteiger partial charge is 0.229 e. The van der Waals surface area contributed by atoms with E-state index in [0.29, 0.717) is 11.5 Å². The molecule has 0 aliphatic carbocycles. The molecule has 0 bridgehead atoms.